The van der Waals surface area contributed by atoms with Gasteiger partial charge in [-0.05, 0) is 36.0 Å². The molecule has 1 nitrogen and oxygen atoms in total. The van der Waals surface area contributed by atoms with Crippen molar-refractivity contribution in [2.75, 3.05) is 0 Å². The Bertz CT molecular complexity index is 172. The third-order valence-corrected chi connectivity index (χ3v) is 4.23. The van der Waals surface area contributed by atoms with Gasteiger partial charge in [-0.25, -0.2) is 0 Å². The fraction of sp³-hybridized carbons (Fsp3) is 1.00. The lowest BCUT2D eigenvalue weighted by atomic mass is 9.61. The SMILES string of the molecule is CC(C)C1CCC(C)C(C)(C)C1O. The summed E-state index contributed by atoms with van der Waals surface area (Å²) < 4.78 is 0. The summed E-state index contributed by atoms with van der Waals surface area (Å²) in [5.74, 6) is 1.77. The second kappa shape index (κ2) is 3.61. The first kappa shape index (κ1) is 11.0. The van der Waals surface area contributed by atoms with Crippen LogP contribution in [0.2, 0.25) is 0 Å². The van der Waals surface area contributed by atoms with Crippen LogP contribution in [0.15, 0.2) is 0 Å². The summed E-state index contributed by atoms with van der Waals surface area (Å²) in [6.07, 6.45) is 2.35. The zero-order valence-corrected chi connectivity index (χ0v) is 9.67. The maximum Gasteiger partial charge on any atom is 0.0624 e. The zero-order valence-electron chi connectivity index (χ0n) is 9.67. The van der Waals surface area contributed by atoms with E-state index in [1.54, 1.807) is 0 Å². The third-order valence-electron chi connectivity index (χ3n) is 4.23. The zero-order chi connectivity index (χ0) is 10.2. The Labute approximate surface area is 82.5 Å². The summed E-state index contributed by atoms with van der Waals surface area (Å²) in [5, 5.41) is 10.2. The molecule has 1 N–H and O–H groups in total. The molecule has 0 aliphatic heterocycles. The van der Waals surface area contributed by atoms with Gasteiger partial charge >= 0.3 is 0 Å². The van der Waals surface area contributed by atoms with Crippen LogP contribution < -0.4 is 0 Å². The number of aliphatic hydroxyl groups excluding tert-OH is 1. The summed E-state index contributed by atoms with van der Waals surface area (Å²) in [5.41, 5.74) is 0.104. The number of hydrogen-bond donors (Lipinski definition) is 1. The molecular weight excluding hydrogens is 160 g/mol. The second-order valence-corrected chi connectivity index (χ2v) is 5.65. The molecule has 78 valence electrons. The molecule has 1 aliphatic rings. The molecule has 1 heteroatoms. The number of rotatable bonds is 1. The average Bonchev–Trinajstić information content (AvgIpc) is 2.01. The van der Waals surface area contributed by atoms with Crippen LogP contribution >= 0.6 is 0 Å². The van der Waals surface area contributed by atoms with Gasteiger partial charge in [0.2, 0.25) is 0 Å². The maximum absolute atomic E-state index is 10.2. The van der Waals surface area contributed by atoms with Gasteiger partial charge in [-0.2, -0.15) is 0 Å². The van der Waals surface area contributed by atoms with E-state index in [9.17, 15) is 5.11 Å². The topological polar surface area (TPSA) is 20.2 Å². The smallest absolute Gasteiger partial charge is 0.0624 e. The molecule has 0 aromatic carbocycles. The lowest BCUT2D eigenvalue weighted by Crippen LogP contribution is -2.46. The summed E-state index contributed by atoms with van der Waals surface area (Å²) in [6.45, 7) is 11.1. The largest absolute Gasteiger partial charge is 0.392 e. The third kappa shape index (κ3) is 1.90. The van der Waals surface area contributed by atoms with Crippen molar-refractivity contribution in [1.82, 2.24) is 0 Å². The molecule has 3 atom stereocenters. The van der Waals surface area contributed by atoms with Gasteiger partial charge < -0.3 is 5.11 Å². The highest BCUT2D eigenvalue weighted by molar-refractivity contribution is 4.92. The maximum atomic E-state index is 10.2. The molecule has 0 heterocycles. The standard InChI is InChI=1S/C12H24O/c1-8(2)10-7-6-9(3)12(4,5)11(10)13/h8-11,13H,6-7H2,1-5H3. The predicted octanol–water partition coefficient (Wildman–Crippen LogP) is 3.08. The van der Waals surface area contributed by atoms with Crippen LogP contribution in [0.1, 0.15) is 47.5 Å². The van der Waals surface area contributed by atoms with Gasteiger partial charge in [0, 0.05) is 0 Å². The van der Waals surface area contributed by atoms with Crippen LogP contribution in [0.3, 0.4) is 0 Å². The Morgan fingerprint density at radius 2 is 1.77 bits per heavy atom. The second-order valence-electron chi connectivity index (χ2n) is 5.65. The molecule has 1 saturated carbocycles. The van der Waals surface area contributed by atoms with Crippen molar-refractivity contribution in [3.63, 3.8) is 0 Å². The summed E-state index contributed by atoms with van der Waals surface area (Å²) >= 11 is 0. The van der Waals surface area contributed by atoms with Crippen LogP contribution in [0.25, 0.3) is 0 Å². The average molecular weight is 184 g/mol. The van der Waals surface area contributed by atoms with E-state index in [4.69, 9.17) is 0 Å². The van der Waals surface area contributed by atoms with Crippen molar-refractivity contribution in [2.24, 2.45) is 23.2 Å². The Kier molecular flexibility index (Phi) is 3.06. The molecule has 13 heavy (non-hydrogen) atoms. The van der Waals surface area contributed by atoms with Gasteiger partial charge in [-0.15, -0.1) is 0 Å². The van der Waals surface area contributed by atoms with Crippen molar-refractivity contribution in [2.45, 2.75) is 53.6 Å². The summed E-state index contributed by atoms with van der Waals surface area (Å²) in [4.78, 5) is 0. The molecule has 3 unspecified atom stereocenters. The molecule has 0 aromatic rings. The Morgan fingerprint density at radius 1 is 1.23 bits per heavy atom. The van der Waals surface area contributed by atoms with Crippen molar-refractivity contribution in [3.05, 3.63) is 0 Å². The van der Waals surface area contributed by atoms with Crippen LogP contribution in [-0.2, 0) is 0 Å². The van der Waals surface area contributed by atoms with E-state index >= 15 is 0 Å². The molecule has 1 rings (SSSR count). The molecule has 0 bridgehead atoms. The van der Waals surface area contributed by atoms with E-state index in [0.29, 0.717) is 17.8 Å². The fourth-order valence-corrected chi connectivity index (χ4v) is 2.51. The molecule has 0 amide bonds. The Morgan fingerprint density at radius 3 is 2.23 bits per heavy atom. The van der Waals surface area contributed by atoms with E-state index in [2.05, 4.69) is 34.6 Å². The summed E-state index contributed by atoms with van der Waals surface area (Å²) in [6, 6.07) is 0. The van der Waals surface area contributed by atoms with E-state index in [-0.39, 0.29) is 11.5 Å². The molecule has 1 aliphatic carbocycles. The van der Waals surface area contributed by atoms with E-state index in [0.717, 1.165) is 0 Å². The highest BCUT2D eigenvalue weighted by atomic mass is 16.3. The van der Waals surface area contributed by atoms with Crippen LogP contribution in [0.4, 0.5) is 0 Å². The monoisotopic (exact) mass is 184 g/mol. The molecule has 1 fully saturated rings. The first-order chi connectivity index (χ1) is 5.87. The number of hydrogen-bond acceptors (Lipinski definition) is 1. The minimum atomic E-state index is -0.115. The van der Waals surface area contributed by atoms with Crippen LogP contribution in [-0.4, -0.2) is 11.2 Å². The van der Waals surface area contributed by atoms with Gasteiger partial charge in [-0.1, -0.05) is 34.6 Å². The first-order valence-corrected chi connectivity index (χ1v) is 5.55. The van der Waals surface area contributed by atoms with Crippen LogP contribution in [0, 0.1) is 23.2 Å². The van der Waals surface area contributed by atoms with Crippen molar-refractivity contribution in [1.29, 1.82) is 0 Å². The Hall–Kier alpha value is -0.0400. The van der Waals surface area contributed by atoms with Gasteiger partial charge in [-0.3, -0.25) is 0 Å². The normalized spacial score (nSPS) is 39.5. The number of aliphatic hydroxyl groups is 1. The predicted molar refractivity (Wildman–Crippen MR) is 56.5 cm³/mol. The highest BCUT2D eigenvalue weighted by Crippen LogP contribution is 2.45. The van der Waals surface area contributed by atoms with E-state index < -0.39 is 0 Å². The van der Waals surface area contributed by atoms with Gasteiger partial charge in [0.1, 0.15) is 0 Å². The molecule has 0 radical (unpaired) electrons. The molecular formula is C12H24O. The molecule has 0 saturated heterocycles. The summed E-state index contributed by atoms with van der Waals surface area (Å²) in [7, 11) is 0. The minimum Gasteiger partial charge on any atom is -0.392 e. The lowest BCUT2D eigenvalue weighted by Gasteiger charge is -2.47. The van der Waals surface area contributed by atoms with E-state index in [1.807, 2.05) is 0 Å². The Balaban J connectivity index is 2.76. The highest BCUT2D eigenvalue weighted by Gasteiger charge is 2.43. The van der Waals surface area contributed by atoms with Crippen molar-refractivity contribution in [3.8, 4) is 0 Å². The van der Waals surface area contributed by atoms with Gasteiger partial charge in [0.25, 0.3) is 0 Å². The quantitative estimate of drug-likeness (QED) is 0.664. The van der Waals surface area contributed by atoms with Crippen molar-refractivity contribution < 1.29 is 5.11 Å². The van der Waals surface area contributed by atoms with Gasteiger partial charge in [0.15, 0.2) is 0 Å². The van der Waals surface area contributed by atoms with Crippen molar-refractivity contribution >= 4 is 0 Å². The van der Waals surface area contributed by atoms with Gasteiger partial charge in [0.05, 0.1) is 6.10 Å². The van der Waals surface area contributed by atoms with E-state index in [1.165, 1.54) is 12.8 Å². The lowest BCUT2D eigenvalue weighted by molar-refractivity contribution is -0.0775. The first-order valence-electron chi connectivity index (χ1n) is 5.55. The molecule has 0 spiro atoms. The fourth-order valence-electron chi connectivity index (χ4n) is 2.51. The molecule has 0 aromatic heterocycles. The van der Waals surface area contributed by atoms with Crippen LogP contribution in [0.5, 0.6) is 0 Å². The minimum absolute atomic E-state index is 0.104.